The zero-order valence-electron chi connectivity index (χ0n) is 10.8. The van der Waals surface area contributed by atoms with Crippen LogP contribution in [-0.2, 0) is 4.74 Å². The normalized spacial score (nSPS) is 23.4. The third-order valence-electron chi connectivity index (χ3n) is 3.74. The van der Waals surface area contributed by atoms with Crippen LogP contribution in [-0.4, -0.2) is 39.9 Å². The van der Waals surface area contributed by atoms with Crippen LogP contribution < -0.4 is 15.0 Å². The molecular weight excluding hydrogens is 228 g/mol. The Bertz CT molecular complexity index is 416. The molecule has 0 bridgehead atoms. The summed E-state index contributed by atoms with van der Waals surface area (Å²) in [6, 6.07) is 6.47. The van der Waals surface area contributed by atoms with Gasteiger partial charge in [0.05, 0.1) is 12.7 Å². The zero-order chi connectivity index (χ0) is 12.4. The van der Waals surface area contributed by atoms with E-state index in [2.05, 4.69) is 28.4 Å². The van der Waals surface area contributed by atoms with E-state index in [0.29, 0.717) is 0 Å². The molecule has 0 amide bonds. The number of benzene rings is 1. The van der Waals surface area contributed by atoms with Crippen LogP contribution in [0.5, 0.6) is 5.75 Å². The van der Waals surface area contributed by atoms with Gasteiger partial charge in [0.1, 0.15) is 5.75 Å². The van der Waals surface area contributed by atoms with Crippen LogP contribution in [0.4, 0.5) is 5.69 Å². The van der Waals surface area contributed by atoms with Crippen molar-refractivity contribution in [3.05, 3.63) is 23.8 Å². The summed E-state index contributed by atoms with van der Waals surface area (Å²) in [5.74, 6) is 0.979. The van der Waals surface area contributed by atoms with Crippen LogP contribution in [0.2, 0.25) is 0 Å². The average Bonchev–Trinajstić information content (AvgIpc) is 2.47. The highest BCUT2D eigenvalue weighted by Crippen LogP contribution is 2.36. The minimum Gasteiger partial charge on any atom is -0.493 e. The van der Waals surface area contributed by atoms with E-state index in [1.165, 1.54) is 11.3 Å². The van der Waals surface area contributed by atoms with Gasteiger partial charge in [-0.2, -0.15) is 0 Å². The lowest BCUT2D eigenvalue weighted by molar-refractivity contribution is 0.0637. The van der Waals surface area contributed by atoms with Gasteiger partial charge in [0.15, 0.2) is 0 Å². The average molecular weight is 248 g/mol. The second-order valence-corrected chi connectivity index (χ2v) is 4.82. The summed E-state index contributed by atoms with van der Waals surface area (Å²) in [5.41, 5.74) is 2.47. The van der Waals surface area contributed by atoms with Crippen molar-refractivity contribution in [1.29, 1.82) is 0 Å². The van der Waals surface area contributed by atoms with Gasteiger partial charge in [0.2, 0.25) is 0 Å². The monoisotopic (exact) mass is 248 g/mol. The first-order valence-electron chi connectivity index (χ1n) is 6.63. The number of fused-ring (bicyclic) bond motifs is 1. The molecule has 1 N–H and O–H groups in total. The maximum atomic E-state index is 5.69. The van der Waals surface area contributed by atoms with E-state index >= 15 is 0 Å². The van der Waals surface area contributed by atoms with Gasteiger partial charge in [-0.3, -0.25) is 0 Å². The highest BCUT2D eigenvalue weighted by molar-refractivity contribution is 5.54. The Balaban J connectivity index is 1.88. The third-order valence-corrected chi connectivity index (χ3v) is 3.74. The SMILES string of the molecule is COC1CCOc2ccc(N3CCNCC3)cc21. The first-order valence-corrected chi connectivity index (χ1v) is 6.63. The number of ether oxygens (including phenoxy) is 2. The number of methoxy groups -OCH3 is 1. The Hall–Kier alpha value is -1.26. The molecule has 0 saturated carbocycles. The maximum Gasteiger partial charge on any atom is 0.125 e. The van der Waals surface area contributed by atoms with Crippen LogP contribution in [0.15, 0.2) is 18.2 Å². The minimum absolute atomic E-state index is 0.177. The number of nitrogens with one attached hydrogen (secondary N) is 1. The van der Waals surface area contributed by atoms with Gasteiger partial charge in [-0.25, -0.2) is 0 Å². The summed E-state index contributed by atoms with van der Waals surface area (Å²) < 4.78 is 11.2. The molecule has 2 aliphatic heterocycles. The van der Waals surface area contributed by atoms with Crippen molar-refractivity contribution < 1.29 is 9.47 Å². The molecule has 2 aliphatic rings. The van der Waals surface area contributed by atoms with Gasteiger partial charge in [-0.15, -0.1) is 0 Å². The standard InChI is InChI=1S/C14H20N2O2/c1-17-13-4-9-18-14-3-2-11(10-12(13)14)16-7-5-15-6-8-16/h2-3,10,13,15H,4-9H2,1H3. The second-order valence-electron chi connectivity index (χ2n) is 4.82. The fourth-order valence-corrected chi connectivity index (χ4v) is 2.71. The van der Waals surface area contributed by atoms with Crippen LogP contribution in [0.3, 0.4) is 0 Å². The van der Waals surface area contributed by atoms with Crippen molar-refractivity contribution in [1.82, 2.24) is 5.32 Å². The number of rotatable bonds is 2. The molecular formula is C14H20N2O2. The van der Waals surface area contributed by atoms with E-state index < -0.39 is 0 Å². The van der Waals surface area contributed by atoms with Gasteiger partial charge in [-0.05, 0) is 18.2 Å². The number of nitrogens with zero attached hydrogens (tertiary/aromatic N) is 1. The molecule has 4 nitrogen and oxygen atoms in total. The molecule has 0 spiro atoms. The molecule has 2 heterocycles. The van der Waals surface area contributed by atoms with E-state index in [4.69, 9.17) is 9.47 Å². The van der Waals surface area contributed by atoms with Crippen LogP contribution in [0.25, 0.3) is 0 Å². The third kappa shape index (κ3) is 2.18. The first-order chi connectivity index (χ1) is 8.88. The van der Waals surface area contributed by atoms with Crippen molar-refractivity contribution in [2.45, 2.75) is 12.5 Å². The molecule has 1 saturated heterocycles. The van der Waals surface area contributed by atoms with Gasteiger partial charge in [-0.1, -0.05) is 0 Å². The lowest BCUT2D eigenvalue weighted by Crippen LogP contribution is -2.43. The molecule has 1 fully saturated rings. The fraction of sp³-hybridized carbons (Fsp3) is 0.571. The molecule has 0 radical (unpaired) electrons. The topological polar surface area (TPSA) is 33.7 Å². The quantitative estimate of drug-likeness (QED) is 0.861. The Kier molecular flexibility index (Phi) is 3.39. The van der Waals surface area contributed by atoms with Crippen molar-refractivity contribution in [3.63, 3.8) is 0 Å². The van der Waals surface area contributed by atoms with E-state index in [1.54, 1.807) is 7.11 Å². The Morgan fingerprint density at radius 1 is 1.33 bits per heavy atom. The molecule has 1 unspecified atom stereocenters. The first kappa shape index (κ1) is 11.8. The molecule has 0 aliphatic carbocycles. The summed E-state index contributed by atoms with van der Waals surface area (Å²) in [4.78, 5) is 2.41. The van der Waals surface area contributed by atoms with Gasteiger partial charge < -0.3 is 19.7 Å². The summed E-state index contributed by atoms with van der Waals surface area (Å²) in [5, 5.41) is 3.38. The summed E-state index contributed by atoms with van der Waals surface area (Å²) >= 11 is 0. The number of hydrogen-bond acceptors (Lipinski definition) is 4. The van der Waals surface area contributed by atoms with Crippen LogP contribution in [0.1, 0.15) is 18.1 Å². The van der Waals surface area contributed by atoms with Crippen molar-refractivity contribution in [3.8, 4) is 5.75 Å². The lowest BCUT2D eigenvalue weighted by atomic mass is 10.0. The largest absolute Gasteiger partial charge is 0.493 e. The Morgan fingerprint density at radius 2 is 2.17 bits per heavy atom. The molecule has 1 aromatic carbocycles. The molecule has 1 atom stereocenters. The molecule has 3 rings (SSSR count). The van der Waals surface area contributed by atoms with Crippen molar-refractivity contribution in [2.75, 3.05) is 44.8 Å². The van der Waals surface area contributed by atoms with Crippen molar-refractivity contribution in [2.24, 2.45) is 0 Å². The molecule has 4 heteroatoms. The highest BCUT2D eigenvalue weighted by atomic mass is 16.5. The molecule has 1 aromatic rings. The smallest absolute Gasteiger partial charge is 0.125 e. The number of anilines is 1. The van der Waals surface area contributed by atoms with Crippen LogP contribution in [0, 0.1) is 0 Å². The van der Waals surface area contributed by atoms with E-state index in [9.17, 15) is 0 Å². The zero-order valence-corrected chi connectivity index (χ0v) is 10.8. The Morgan fingerprint density at radius 3 is 2.94 bits per heavy atom. The number of piperazine rings is 1. The maximum absolute atomic E-state index is 5.69. The summed E-state index contributed by atoms with van der Waals surface area (Å²) in [6.07, 6.45) is 1.12. The van der Waals surface area contributed by atoms with Gasteiger partial charge >= 0.3 is 0 Å². The summed E-state index contributed by atoms with van der Waals surface area (Å²) in [7, 11) is 1.78. The van der Waals surface area contributed by atoms with Gasteiger partial charge in [0.25, 0.3) is 0 Å². The van der Waals surface area contributed by atoms with E-state index in [0.717, 1.165) is 45.0 Å². The molecule has 98 valence electrons. The lowest BCUT2D eigenvalue weighted by Gasteiger charge is -2.31. The second kappa shape index (κ2) is 5.16. The minimum atomic E-state index is 0.177. The Labute approximate surface area is 108 Å². The van der Waals surface area contributed by atoms with E-state index in [1.807, 2.05) is 0 Å². The predicted octanol–water partition coefficient (Wildman–Crippen LogP) is 1.57. The predicted molar refractivity (Wildman–Crippen MR) is 71.4 cm³/mol. The fourth-order valence-electron chi connectivity index (χ4n) is 2.71. The van der Waals surface area contributed by atoms with Crippen molar-refractivity contribution >= 4 is 5.69 Å². The van der Waals surface area contributed by atoms with Gasteiger partial charge in [0, 0.05) is 51.0 Å². The molecule has 0 aromatic heterocycles. The molecule has 18 heavy (non-hydrogen) atoms. The van der Waals surface area contributed by atoms with E-state index in [-0.39, 0.29) is 6.10 Å². The summed E-state index contributed by atoms with van der Waals surface area (Å²) in [6.45, 7) is 5.00. The highest BCUT2D eigenvalue weighted by Gasteiger charge is 2.22. The number of hydrogen-bond donors (Lipinski definition) is 1. The van der Waals surface area contributed by atoms with Crippen LogP contribution >= 0.6 is 0 Å².